The number of esters is 1. The first-order valence-corrected chi connectivity index (χ1v) is 4.88. The van der Waals surface area contributed by atoms with Crippen molar-refractivity contribution in [3.05, 3.63) is 36.0 Å². The highest BCUT2D eigenvalue weighted by Gasteiger charge is 2.13. The van der Waals surface area contributed by atoms with Crippen molar-refractivity contribution in [1.82, 2.24) is 4.57 Å². The van der Waals surface area contributed by atoms with Crippen molar-refractivity contribution in [3.63, 3.8) is 0 Å². The predicted octanol–water partition coefficient (Wildman–Crippen LogP) is 2.16. The predicted molar refractivity (Wildman–Crippen MR) is 57.7 cm³/mol. The van der Waals surface area contributed by atoms with Crippen LogP contribution in [0.4, 0.5) is 0 Å². The normalized spacial score (nSPS) is 10.5. The van der Waals surface area contributed by atoms with E-state index >= 15 is 0 Å². The van der Waals surface area contributed by atoms with Crippen LogP contribution in [0, 0.1) is 6.07 Å². The molecule has 3 nitrogen and oxygen atoms in total. The third-order valence-corrected chi connectivity index (χ3v) is 2.32. The molecule has 0 unspecified atom stereocenters. The molecule has 1 radical (unpaired) electrons. The number of hydrogen-bond acceptors (Lipinski definition) is 2. The summed E-state index contributed by atoms with van der Waals surface area (Å²) in [7, 11) is 1.84. The van der Waals surface area contributed by atoms with Crippen molar-refractivity contribution in [3.8, 4) is 0 Å². The van der Waals surface area contributed by atoms with E-state index in [9.17, 15) is 4.79 Å². The average Bonchev–Trinajstić information content (AvgIpc) is 2.57. The molecule has 77 valence electrons. The minimum atomic E-state index is -0.323. The summed E-state index contributed by atoms with van der Waals surface area (Å²) in [5, 5.41) is 0.933. The van der Waals surface area contributed by atoms with Gasteiger partial charge in [-0.05, 0) is 13.0 Å². The molecule has 0 bridgehead atoms. The summed E-state index contributed by atoms with van der Waals surface area (Å²) in [6.45, 7) is 2.18. The Kier molecular flexibility index (Phi) is 2.46. The van der Waals surface area contributed by atoms with Crippen LogP contribution >= 0.6 is 0 Å². The highest BCUT2D eigenvalue weighted by Crippen LogP contribution is 2.17. The highest BCUT2D eigenvalue weighted by molar-refractivity contribution is 5.94. The number of aryl methyl sites for hydroxylation is 1. The van der Waals surface area contributed by atoms with E-state index in [4.69, 9.17) is 4.74 Å². The van der Waals surface area contributed by atoms with Crippen LogP contribution in [0.3, 0.4) is 0 Å². The first-order chi connectivity index (χ1) is 7.24. The molecule has 0 spiro atoms. The molecule has 0 saturated carbocycles. The lowest BCUT2D eigenvalue weighted by atomic mass is 10.2. The zero-order valence-electron chi connectivity index (χ0n) is 8.78. The molecule has 0 saturated heterocycles. The summed E-state index contributed by atoms with van der Waals surface area (Å²) in [5.74, 6) is -0.323. The van der Waals surface area contributed by atoms with Crippen molar-refractivity contribution in [2.75, 3.05) is 6.61 Å². The summed E-state index contributed by atoms with van der Waals surface area (Å²) in [5.41, 5.74) is 1.46. The number of aromatic nitrogens is 1. The van der Waals surface area contributed by atoms with E-state index in [0.717, 1.165) is 10.9 Å². The molecule has 3 heteroatoms. The third kappa shape index (κ3) is 1.61. The maximum atomic E-state index is 11.6. The maximum Gasteiger partial charge on any atom is 0.355 e. The van der Waals surface area contributed by atoms with Crippen LogP contribution in [0.5, 0.6) is 0 Å². The highest BCUT2D eigenvalue weighted by atomic mass is 16.5. The van der Waals surface area contributed by atoms with E-state index in [1.807, 2.05) is 31.3 Å². The van der Waals surface area contributed by atoms with E-state index < -0.39 is 0 Å². The van der Waals surface area contributed by atoms with Gasteiger partial charge in [0.2, 0.25) is 0 Å². The molecule has 0 N–H and O–H groups in total. The van der Waals surface area contributed by atoms with E-state index in [-0.39, 0.29) is 5.97 Å². The zero-order chi connectivity index (χ0) is 10.8. The van der Waals surface area contributed by atoms with Crippen molar-refractivity contribution in [2.24, 2.45) is 7.05 Å². The minimum Gasteiger partial charge on any atom is -0.461 e. The summed E-state index contributed by atoms with van der Waals surface area (Å²) in [4.78, 5) is 11.6. The fourth-order valence-electron chi connectivity index (χ4n) is 1.59. The molecule has 2 rings (SSSR count). The van der Waals surface area contributed by atoms with Crippen LogP contribution < -0.4 is 0 Å². The van der Waals surface area contributed by atoms with E-state index in [1.165, 1.54) is 0 Å². The van der Waals surface area contributed by atoms with Gasteiger partial charge in [-0.3, -0.25) is 0 Å². The van der Waals surface area contributed by atoms with Gasteiger partial charge in [0, 0.05) is 24.0 Å². The monoisotopic (exact) mass is 202 g/mol. The van der Waals surface area contributed by atoms with Gasteiger partial charge in [-0.15, -0.1) is 0 Å². The molecule has 0 fully saturated rings. The van der Waals surface area contributed by atoms with Gasteiger partial charge in [-0.2, -0.15) is 0 Å². The van der Waals surface area contributed by atoms with Crippen LogP contribution in [-0.4, -0.2) is 17.1 Å². The summed E-state index contributed by atoms with van der Waals surface area (Å²) in [6.07, 6.45) is 0. The van der Waals surface area contributed by atoms with Crippen LogP contribution in [0.15, 0.2) is 24.3 Å². The van der Waals surface area contributed by atoms with Gasteiger partial charge in [0.05, 0.1) is 6.61 Å². The molecule has 0 amide bonds. The second kappa shape index (κ2) is 3.77. The summed E-state index contributed by atoms with van der Waals surface area (Å²) >= 11 is 0. The number of fused-ring (bicyclic) bond motifs is 1. The molecule has 1 aromatic carbocycles. The molecular formula is C12H12NO2. The zero-order valence-corrected chi connectivity index (χ0v) is 8.78. The number of nitrogens with zero attached hydrogens (tertiary/aromatic N) is 1. The third-order valence-electron chi connectivity index (χ3n) is 2.32. The minimum absolute atomic E-state index is 0.323. The second-order valence-corrected chi connectivity index (χ2v) is 3.27. The lowest BCUT2D eigenvalue weighted by Crippen LogP contribution is -2.09. The van der Waals surface area contributed by atoms with Crippen LogP contribution in [-0.2, 0) is 11.8 Å². The van der Waals surface area contributed by atoms with Crippen molar-refractivity contribution < 1.29 is 9.53 Å². The Hall–Kier alpha value is -1.77. The first-order valence-electron chi connectivity index (χ1n) is 4.88. The number of rotatable bonds is 2. The number of hydrogen-bond donors (Lipinski definition) is 0. The first kappa shape index (κ1) is 9.77. The number of carbonyl (C=O) groups excluding carboxylic acids is 1. The van der Waals surface area contributed by atoms with Gasteiger partial charge in [-0.25, -0.2) is 4.79 Å². The Morgan fingerprint density at radius 3 is 2.87 bits per heavy atom. The van der Waals surface area contributed by atoms with Crippen molar-refractivity contribution >= 4 is 16.9 Å². The number of carbonyl (C=O) groups is 1. The van der Waals surface area contributed by atoms with Crippen LogP contribution in [0.1, 0.15) is 17.4 Å². The van der Waals surface area contributed by atoms with Crippen LogP contribution in [0.25, 0.3) is 10.9 Å². The van der Waals surface area contributed by atoms with Gasteiger partial charge in [-0.1, -0.05) is 18.2 Å². The molecule has 0 aliphatic rings. The Balaban J connectivity index is 2.53. The van der Waals surface area contributed by atoms with Gasteiger partial charge in [0.25, 0.3) is 0 Å². The molecule has 0 aliphatic carbocycles. The Morgan fingerprint density at radius 2 is 2.20 bits per heavy atom. The maximum absolute atomic E-state index is 11.6. The molecule has 2 aromatic rings. The van der Waals surface area contributed by atoms with Gasteiger partial charge >= 0.3 is 5.97 Å². The Bertz CT molecular complexity index is 499. The number of ether oxygens (including phenoxy) is 1. The smallest absolute Gasteiger partial charge is 0.355 e. The molecule has 1 aromatic heterocycles. The molecule has 1 heterocycles. The number of para-hydroxylation sites is 1. The lowest BCUT2D eigenvalue weighted by Gasteiger charge is -2.02. The summed E-state index contributed by atoms with van der Waals surface area (Å²) < 4.78 is 6.75. The SMILES string of the molecule is CCOC(=O)c1[c]c2ccccc2n1C. The van der Waals surface area contributed by atoms with Crippen molar-refractivity contribution in [2.45, 2.75) is 6.92 Å². The largest absolute Gasteiger partial charge is 0.461 e. The molecule has 0 aliphatic heterocycles. The fraction of sp³-hybridized carbons (Fsp3) is 0.250. The molecule has 15 heavy (non-hydrogen) atoms. The molecule has 0 atom stereocenters. The van der Waals surface area contributed by atoms with E-state index in [1.54, 1.807) is 11.5 Å². The van der Waals surface area contributed by atoms with Gasteiger partial charge in [0.15, 0.2) is 0 Å². The standard InChI is InChI=1S/C12H12NO2/c1-3-15-12(14)11-8-9-6-4-5-7-10(9)13(11)2/h4-7H,3H2,1-2H3. The number of benzene rings is 1. The lowest BCUT2D eigenvalue weighted by molar-refractivity contribution is 0.0515. The second-order valence-electron chi connectivity index (χ2n) is 3.27. The Morgan fingerprint density at radius 1 is 1.47 bits per heavy atom. The molecular weight excluding hydrogens is 190 g/mol. The quantitative estimate of drug-likeness (QED) is 0.699. The topological polar surface area (TPSA) is 31.2 Å². The van der Waals surface area contributed by atoms with E-state index in [0.29, 0.717) is 12.3 Å². The fourth-order valence-corrected chi connectivity index (χ4v) is 1.59. The Labute approximate surface area is 88.3 Å². The van der Waals surface area contributed by atoms with Gasteiger partial charge < -0.3 is 9.30 Å². The van der Waals surface area contributed by atoms with Crippen molar-refractivity contribution in [1.29, 1.82) is 0 Å². The van der Waals surface area contributed by atoms with Gasteiger partial charge in [0.1, 0.15) is 5.69 Å². The van der Waals surface area contributed by atoms with E-state index in [2.05, 4.69) is 6.07 Å². The average molecular weight is 202 g/mol. The summed E-state index contributed by atoms with van der Waals surface area (Å²) in [6, 6.07) is 10.8. The van der Waals surface area contributed by atoms with Crippen LogP contribution in [0.2, 0.25) is 0 Å².